The van der Waals surface area contributed by atoms with Crippen LogP contribution in [-0.2, 0) is 4.84 Å². The van der Waals surface area contributed by atoms with Gasteiger partial charge in [-0.25, -0.2) is 4.84 Å². The summed E-state index contributed by atoms with van der Waals surface area (Å²) in [5.41, 5.74) is 0.999. The highest BCUT2D eigenvalue weighted by molar-refractivity contribution is 5.43. The van der Waals surface area contributed by atoms with Crippen LogP contribution in [0.3, 0.4) is 0 Å². The maximum absolute atomic E-state index is 12.1. The smallest absolute Gasteiger partial charge is 0.389 e. The summed E-state index contributed by atoms with van der Waals surface area (Å²) >= 11 is 0. The van der Waals surface area contributed by atoms with E-state index >= 15 is 0 Å². The van der Waals surface area contributed by atoms with Crippen molar-refractivity contribution in [3.05, 3.63) is 75.3 Å². The molecule has 0 radical (unpaired) electrons. The minimum Gasteiger partial charge on any atom is -0.475 e. The Morgan fingerprint density at radius 2 is 1.92 bits per heavy atom. The Bertz CT molecular complexity index is 792. The van der Waals surface area contributed by atoms with E-state index in [0.29, 0.717) is 12.3 Å². The van der Waals surface area contributed by atoms with Crippen molar-refractivity contribution in [2.24, 2.45) is 0 Å². The van der Waals surface area contributed by atoms with Gasteiger partial charge in [-0.1, -0.05) is 48.0 Å². The Hall–Kier alpha value is -2.44. The van der Waals surface area contributed by atoms with E-state index < -0.39 is 17.7 Å². The van der Waals surface area contributed by atoms with Crippen LogP contribution in [0.25, 0.3) is 0 Å². The average Bonchev–Trinajstić information content (AvgIpc) is 2.93. The van der Waals surface area contributed by atoms with E-state index in [0.717, 1.165) is 16.7 Å². The standard InChI is InChI=1S/C18H18N2O4/c1-12-7-9-13(10-8-12)17-18(20(21)22)15(11-19(2)24-18)14-5-3-4-6-16(14)23-17/h3-10,15,17H,11H2,1-2H3. The second kappa shape index (κ2) is 5.29. The molecule has 2 aliphatic rings. The fraction of sp³-hybridized carbons (Fsp3) is 0.333. The van der Waals surface area contributed by atoms with Crippen molar-refractivity contribution in [1.29, 1.82) is 0 Å². The van der Waals surface area contributed by atoms with Gasteiger partial charge in [-0.05, 0) is 13.0 Å². The molecule has 2 heterocycles. The van der Waals surface area contributed by atoms with Crippen LogP contribution in [0.15, 0.2) is 48.5 Å². The third-order valence-electron chi connectivity index (χ3n) is 4.82. The predicted molar refractivity (Wildman–Crippen MR) is 87.2 cm³/mol. The van der Waals surface area contributed by atoms with Gasteiger partial charge in [0.15, 0.2) is 0 Å². The van der Waals surface area contributed by atoms with E-state index in [1.54, 1.807) is 12.1 Å². The lowest BCUT2D eigenvalue weighted by Gasteiger charge is -2.37. The second-order valence-corrected chi connectivity index (χ2v) is 6.41. The zero-order valence-electron chi connectivity index (χ0n) is 13.5. The van der Waals surface area contributed by atoms with Gasteiger partial charge in [-0.2, -0.15) is 5.06 Å². The number of nitrogens with zero attached hydrogens (tertiary/aromatic N) is 2. The number of benzene rings is 2. The lowest BCUT2D eigenvalue weighted by Crippen LogP contribution is -2.53. The Morgan fingerprint density at radius 3 is 2.62 bits per heavy atom. The van der Waals surface area contributed by atoms with Crippen molar-refractivity contribution in [2.75, 3.05) is 13.6 Å². The topological polar surface area (TPSA) is 64.8 Å². The molecule has 3 atom stereocenters. The molecule has 0 spiro atoms. The van der Waals surface area contributed by atoms with E-state index in [1.165, 1.54) is 0 Å². The summed E-state index contributed by atoms with van der Waals surface area (Å²) in [5.74, 6) is 0.290. The summed E-state index contributed by atoms with van der Waals surface area (Å²) in [6, 6.07) is 15.1. The Kier molecular flexibility index (Phi) is 3.33. The van der Waals surface area contributed by atoms with Gasteiger partial charge in [0.05, 0.1) is 4.92 Å². The normalized spacial score (nSPS) is 28.8. The van der Waals surface area contributed by atoms with Crippen LogP contribution in [0.4, 0.5) is 0 Å². The molecule has 124 valence electrons. The molecule has 1 saturated heterocycles. The summed E-state index contributed by atoms with van der Waals surface area (Å²) < 4.78 is 6.09. The molecular weight excluding hydrogens is 308 g/mol. The predicted octanol–water partition coefficient (Wildman–Crippen LogP) is 3.06. The Labute approximate surface area is 139 Å². The van der Waals surface area contributed by atoms with Crippen molar-refractivity contribution in [1.82, 2.24) is 5.06 Å². The first-order valence-electron chi connectivity index (χ1n) is 7.89. The van der Waals surface area contributed by atoms with Gasteiger partial charge >= 0.3 is 5.72 Å². The summed E-state index contributed by atoms with van der Waals surface area (Å²) in [6.07, 6.45) is -0.807. The third-order valence-corrected chi connectivity index (χ3v) is 4.82. The number of para-hydroxylation sites is 1. The molecule has 3 unspecified atom stereocenters. The van der Waals surface area contributed by atoms with E-state index in [2.05, 4.69) is 0 Å². The number of aryl methyl sites for hydroxylation is 1. The van der Waals surface area contributed by atoms with Crippen molar-refractivity contribution in [3.63, 3.8) is 0 Å². The maximum atomic E-state index is 12.1. The number of hydrogen-bond acceptors (Lipinski definition) is 5. The van der Waals surface area contributed by atoms with Gasteiger partial charge in [0.1, 0.15) is 11.7 Å². The Balaban J connectivity index is 1.92. The first kappa shape index (κ1) is 15.1. The van der Waals surface area contributed by atoms with Gasteiger partial charge in [0, 0.05) is 24.7 Å². The lowest BCUT2D eigenvalue weighted by atomic mass is 9.80. The summed E-state index contributed by atoms with van der Waals surface area (Å²) in [7, 11) is 1.72. The molecule has 0 amide bonds. The van der Waals surface area contributed by atoms with Crippen LogP contribution in [-0.4, -0.2) is 29.3 Å². The molecule has 0 N–H and O–H groups in total. The zero-order chi connectivity index (χ0) is 16.9. The molecular formula is C18H18N2O4. The first-order chi connectivity index (χ1) is 11.5. The molecule has 0 bridgehead atoms. The fourth-order valence-corrected chi connectivity index (χ4v) is 3.68. The maximum Gasteiger partial charge on any atom is 0.389 e. The minimum absolute atomic E-state index is 0.332. The highest BCUT2D eigenvalue weighted by Crippen LogP contribution is 2.54. The molecule has 2 aromatic carbocycles. The summed E-state index contributed by atoms with van der Waals surface area (Å²) in [5, 5.41) is 13.7. The summed E-state index contributed by atoms with van der Waals surface area (Å²) in [4.78, 5) is 17.6. The quantitative estimate of drug-likeness (QED) is 0.627. The van der Waals surface area contributed by atoms with E-state index in [-0.39, 0.29) is 4.92 Å². The number of hydrogen-bond donors (Lipinski definition) is 0. The van der Waals surface area contributed by atoms with E-state index in [4.69, 9.17) is 9.57 Å². The number of ether oxygens (including phenoxy) is 1. The van der Waals surface area contributed by atoms with Gasteiger partial charge in [-0.15, -0.1) is 0 Å². The lowest BCUT2D eigenvalue weighted by molar-refractivity contribution is -0.655. The molecule has 6 heteroatoms. The second-order valence-electron chi connectivity index (χ2n) is 6.41. The third kappa shape index (κ3) is 2.03. The molecule has 2 aliphatic heterocycles. The van der Waals surface area contributed by atoms with Crippen LogP contribution in [0.1, 0.15) is 28.7 Å². The number of rotatable bonds is 2. The van der Waals surface area contributed by atoms with Crippen molar-refractivity contribution < 1.29 is 14.5 Å². The molecule has 0 aromatic heterocycles. The monoisotopic (exact) mass is 326 g/mol. The van der Waals surface area contributed by atoms with E-state index in [9.17, 15) is 10.1 Å². The minimum atomic E-state index is -1.65. The molecule has 6 nitrogen and oxygen atoms in total. The number of fused-ring (bicyclic) bond motifs is 3. The molecule has 0 aliphatic carbocycles. The molecule has 2 aromatic rings. The average molecular weight is 326 g/mol. The van der Waals surface area contributed by atoms with Gasteiger partial charge in [0.25, 0.3) is 0 Å². The number of nitro groups is 1. The van der Waals surface area contributed by atoms with Crippen LogP contribution < -0.4 is 4.74 Å². The Morgan fingerprint density at radius 1 is 1.21 bits per heavy atom. The molecule has 4 rings (SSSR count). The zero-order valence-corrected chi connectivity index (χ0v) is 13.5. The van der Waals surface area contributed by atoms with Crippen LogP contribution >= 0.6 is 0 Å². The van der Waals surface area contributed by atoms with Crippen LogP contribution in [0.2, 0.25) is 0 Å². The van der Waals surface area contributed by atoms with Gasteiger partial charge < -0.3 is 4.74 Å². The molecule has 0 saturated carbocycles. The molecule has 24 heavy (non-hydrogen) atoms. The van der Waals surface area contributed by atoms with Crippen molar-refractivity contribution in [3.8, 4) is 5.75 Å². The van der Waals surface area contributed by atoms with Crippen LogP contribution in [0, 0.1) is 17.0 Å². The van der Waals surface area contributed by atoms with Gasteiger partial charge in [0.2, 0.25) is 6.10 Å². The van der Waals surface area contributed by atoms with Crippen molar-refractivity contribution in [2.45, 2.75) is 24.7 Å². The first-order valence-corrected chi connectivity index (χ1v) is 7.89. The molecule has 1 fully saturated rings. The fourth-order valence-electron chi connectivity index (χ4n) is 3.68. The van der Waals surface area contributed by atoms with Crippen LogP contribution in [0.5, 0.6) is 5.75 Å². The summed E-state index contributed by atoms with van der Waals surface area (Å²) in [6.45, 7) is 2.43. The largest absolute Gasteiger partial charge is 0.475 e. The number of likely N-dealkylation sites (N-methyl/N-ethyl adjacent to an activating group) is 1. The SMILES string of the molecule is Cc1ccc(C2Oc3ccccc3C3CN(C)OC32[N+](=O)[O-])cc1. The van der Waals surface area contributed by atoms with Gasteiger partial charge in [-0.3, -0.25) is 10.1 Å². The highest BCUT2D eigenvalue weighted by atomic mass is 16.8. The van der Waals surface area contributed by atoms with Crippen molar-refractivity contribution >= 4 is 0 Å². The van der Waals surface area contributed by atoms with E-state index in [1.807, 2.05) is 55.5 Å². The number of hydroxylamine groups is 2. The highest BCUT2D eigenvalue weighted by Gasteiger charge is 2.68.